The minimum Gasteiger partial charge on any atom is -0.496 e. The van der Waals surface area contributed by atoms with E-state index in [-0.39, 0.29) is 11.8 Å². The van der Waals surface area contributed by atoms with Gasteiger partial charge in [-0.15, -0.1) is 0 Å². The Bertz CT molecular complexity index is 980. The van der Waals surface area contributed by atoms with Crippen molar-refractivity contribution in [3.63, 3.8) is 0 Å². The third-order valence-electron chi connectivity index (χ3n) is 5.61. The number of aryl methyl sites for hydroxylation is 1. The number of hydrogen-bond donors (Lipinski definition) is 2. The largest absolute Gasteiger partial charge is 0.496 e. The predicted molar refractivity (Wildman–Crippen MR) is 104 cm³/mol. The minimum atomic E-state index is -0.497. The first-order valence-electron chi connectivity index (χ1n) is 8.99. The van der Waals surface area contributed by atoms with Crippen molar-refractivity contribution < 1.29 is 9.90 Å². The van der Waals surface area contributed by atoms with E-state index in [4.69, 9.17) is 0 Å². The summed E-state index contributed by atoms with van der Waals surface area (Å²) in [5.41, 5.74) is 3.37. The van der Waals surface area contributed by atoms with Crippen LogP contribution >= 0.6 is 0 Å². The monoisotopic (exact) mass is 349 g/mol. The highest BCUT2D eigenvalue weighted by molar-refractivity contribution is 5.90. The normalized spacial score (nSPS) is 29.8. The van der Waals surface area contributed by atoms with Gasteiger partial charge in [-0.05, 0) is 44.0 Å². The van der Waals surface area contributed by atoms with Crippen molar-refractivity contribution in [2.45, 2.75) is 26.2 Å². The third kappa shape index (κ3) is 2.73. The molecule has 134 valence electrons. The lowest BCUT2D eigenvalue weighted by molar-refractivity contribution is -0.125. The Balaban J connectivity index is 1.77. The van der Waals surface area contributed by atoms with Crippen LogP contribution in [0.4, 0.5) is 0 Å². The molecule has 2 N–H and O–H groups in total. The maximum absolute atomic E-state index is 12.3. The van der Waals surface area contributed by atoms with Crippen molar-refractivity contribution in [1.29, 1.82) is 0 Å². The van der Waals surface area contributed by atoms with Crippen LogP contribution in [0.1, 0.15) is 31.7 Å². The third-order valence-corrected chi connectivity index (χ3v) is 5.61. The second-order valence-corrected chi connectivity index (χ2v) is 7.31. The predicted octanol–water partition coefficient (Wildman–Crippen LogP) is 3.72. The maximum Gasteiger partial charge on any atom is 0.230 e. The van der Waals surface area contributed by atoms with Crippen LogP contribution in [-0.4, -0.2) is 28.0 Å². The van der Waals surface area contributed by atoms with Crippen molar-refractivity contribution in [2.75, 3.05) is 6.54 Å². The lowest BCUT2D eigenvalue weighted by Gasteiger charge is -2.25. The Labute approximate surface area is 152 Å². The molecule has 2 aliphatic rings. The van der Waals surface area contributed by atoms with E-state index in [0.717, 1.165) is 28.5 Å². The molecule has 3 heterocycles. The average molecular weight is 349 g/mol. The Kier molecular flexibility index (Phi) is 3.94. The number of hydrogen-bond acceptors (Lipinski definition) is 2. The van der Waals surface area contributed by atoms with E-state index < -0.39 is 5.41 Å². The Morgan fingerprint density at radius 1 is 1.23 bits per heavy atom. The Morgan fingerprint density at radius 3 is 2.85 bits per heavy atom. The van der Waals surface area contributed by atoms with Crippen LogP contribution in [0.25, 0.3) is 16.6 Å². The number of benzene rings is 1. The zero-order valence-corrected chi connectivity index (χ0v) is 15.1. The fraction of sp³-hybridized carbons (Fsp3) is 0.333. The molecule has 5 heteroatoms. The van der Waals surface area contributed by atoms with Crippen LogP contribution in [0.15, 0.2) is 53.2 Å². The topological polar surface area (TPSA) is 66.6 Å². The molecule has 5 nitrogen and oxygen atoms in total. The number of carbonyl (C=O) groups excluding carboxylic acids is 1. The Morgan fingerprint density at radius 2 is 2.08 bits per heavy atom. The van der Waals surface area contributed by atoms with Crippen LogP contribution in [0.5, 0.6) is 0 Å². The van der Waals surface area contributed by atoms with Crippen molar-refractivity contribution in [1.82, 2.24) is 9.88 Å². The summed E-state index contributed by atoms with van der Waals surface area (Å²) in [4.78, 5) is 16.7. The number of amides is 1. The van der Waals surface area contributed by atoms with Gasteiger partial charge in [-0.2, -0.15) is 0 Å². The molecule has 1 atom stereocenters. The molecule has 2 aliphatic heterocycles. The molecule has 1 saturated heterocycles. The van der Waals surface area contributed by atoms with E-state index in [1.54, 1.807) is 0 Å². The molecule has 1 aromatic carbocycles. The van der Waals surface area contributed by atoms with E-state index in [1.807, 2.05) is 38.4 Å². The summed E-state index contributed by atoms with van der Waals surface area (Å²) in [6, 6.07) is 8.23. The van der Waals surface area contributed by atoms with Gasteiger partial charge in [0.1, 0.15) is 0 Å². The molecule has 2 aromatic rings. The van der Waals surface area contributed by atoms with Crippen LogP contribution in [0.3, 0.4) is 0 Å². The number of fused-ring (bicyclic) bond motifs is 1. The van der Waals surface area contributed by atoms with Crippen molar-refractivity contribution >= 4 is 28.4 Å². The molecule has 26 heavy (non-hydrogen) atoms. The quantitative estimate of drug-likeness (QED) is 0.868. The van der Waals surface area contributed by atoms with Gasteiger partial charge in [-0.25, -0.2) is 4.99 Å². The van der Waals surface area contributed by atoms with Crippen molar-refractivity contribution in [3.05, 3.63) is 53.8 Å². The number of rotatable bonds is 2. The second kappa shape index (κ2) is 6.16. The number of aromatic nitrogens is 1. The van der Waals surface area contributed by atoms with Crippen molar-refractivity contribution in [3.8, 4) is 0 Å². The van der Waals surface area contributed by atoms with Crippen LogP contribution < -0.4 is 5.32 Å². The molecular weight excluding hydrogens is 326 g/mol. The van der Waals surface area contributed by atoms with Gasteiger partial charge in [-0.3, -0.25) is 4.79 Å². The summed E-state index contributed by atoms with van der Waals surface area (Å²) in [6.45, 7) is 2.69. The zero-order valence-electron chi connectivity index (χ0n) is 15.1. The van der Waals surface area contributed by atoms with Crippen LogP contribution in [0.2, 0.25) is 0 Å². The average Bonchev–Trinajstić information content (AvgIpc) is 3.14. The standard InChI is InChI=1S/C21H23N3O2/c1-21(10-11-22-20(21)26)16-4-6-17(23-19(25)8-5-16)14-3-7-18-15(13-14)9-12-24(18)2/h3-4,6-7,9,12-13H,5,8,10-11H2,1-2H3,(H,22,26)(H,23,25)/b16-4+,17-6-/t21-/m1/s1. The molecule has 1 aromatic heterocycles. The lowest BCUT2D eigenvalue weighted by atomic mass is 9.78. The minimum absolute atomic E-state index is 0.0707. The van der Waals surface area contributed by atoms with E-state index in [1.165, 1.54) is 0 Å². The molecule has 1 amide bonds. The SMILES string of the molecule is Cn1ccc2cc(C3=C/C=C(/[C@@]4(C)CCNC4=O)CC/C(O)=N\3)ccc21. The summed E-state index contributed by atoms with van der Waals surface area (Å²) in [6.07, 6.45) is 7.84. The second-order valence-electron chi connectivity index (χ2n) is 7.31. The summed E-state index contributed by atoms with van der Waals surface area (Å²) in [5, 5.41) is 14.3. The molecule has 0 spiro atoms. The molecule has 0 bridgehead atoms. The number of nitrogens with zero attached hydrogens (tertiary/aromatic N) is 2. The van der Waals surface area contributed by atoms with Crippen LogP contribution in [0, 0.1) is 5.41 Å². The molecule has 0 unspecified atom stereocenters. The first kappa shape index (κ1) is 16.6. The van der Waals surface area contributed by atoms with Gasteiger partial charge in [-0.1, -0.05) is 17.7 Å². The zero-order chi connectivity index (χ0) is 18.3. The highest BCUT2D eigenvalue weighted by atomic mass is 16.3. The van der Waals surface area contributed by atoms with Gasteiger partial charge < -0.3 is 15.0 Å². The summed E-state index contributed by atoms with van der Waals surface area (Å²) >= 11 is 0. The van der Waals surface area contributed by atoms with Gasteiger partial charge >= 0.3 is 0 Å². The fourth-order valence-corrected chi connectivity index (χ4v) is 3.84. The van der Waals surface area contributed by atoms with Crippen LogP contribution in [-0.2, 0) is 11.8 Å². The summed E-state index contributed by atoms with van der Waals surface area (Å²) in [7, 11) is 2.02. The number of allylic oxidation sites excluding steroid dienone is 2. The molecule has 0 saturated carbocycles. The first-order valence-corrected chi connectivity index (χ1v) is 8.99. The van der Waals surface area contributed by atoms with Gasteiger partial charge in [0.05, 0.1) is 11.1 Å². The molecule has 1 fully saturated rings. The molecule has 0 radical (unpaired) electrons. The molecule has 4 rings (SSSR count). The number of nitrogens with one attached hydrogen (secondary N) is 1. The Hall–Kier alpha value is -2.82. The number of aliphatic imine (C=N–C) groups is 1. The van der Waals surface area contributed by atoms with E-state index in [2.05, 4.69) is 33.1 Å². The van der Waals surface area contributed by atoms with Gasteiger partial charge in [0.2, 0.25) is 5.91 Å². The number of aliphatic hydroxyl groups excluding tert-OH is 1. The smallest absolute Gasteiger partial charge is 0.230 e. The summed E-state index contributed by atoms with van der Waals surface area (Å²) < 4.78 is 2.07. The molecule has 0 aliphatic carbocycles. The highest BCUT2D eigenvalue weighted by Gasteiger charge is 2.40. The number of carbonyl (C=O) groups is 1. The summed E-state index contributed by atoms with van der Waals surface area (Å²) in [5.74, 6) is 0.179. The van der Waals surface area contributed by atoms with Gasteiger partial charge in [0.15, 0.2) is 5.90 Å². The van der Waals surface area contributed by atoms with Gasteiger partial charge in [0, 0.05) is 42.7 Å². The first-order chi connectivity index (χ1) is 12.5. The molecular formula is C21H23N3O2. The highest BCUT2D eigenvalue weighted by Crippen LogP contribution is 2.38. The van der Waals surface area contributed by atoms with E-state index in [9.17, 15) is 9.90 Å². The van der Waals surface area contributed by atoms with E-state index in [0.29, 0.717) is 25.1 Å². The van der Waals surface area contributed by atoms with E-state index >= 15 is 0 Å². The van der Waals surface area contributed by atoms with Crippen molar-refractivity contribution in [2.24, 2.45) is 17.5 Å². The maximum atomic E-state index is 12.3. The number of aliphatic hydroxyl groups is 1. The van der Waals surface area contributed by atoms with Gasteiger partial charge in [0.25, 0.3) is 0 Å². The fourth-order valence-electron chi connectivity index (χ4n) is 3.84. The lowest BCUT2D eigenvalue weighted by Crippen LogP contribution is -2.30.